The van der Waals surface area contributed by atoms with E-state index in [-0.39, 0.29) is 12.3 Å². The topological polar surface area (TPSA) is 325 Å². The molecule has 0 bridgehead atoms. The van der Waals surface area contributed by atoms with Crippen LogP contribution in [-0.2, 0) is 17.6 Å². The third kappa shape index (κ3) is 15.3. The molecule has 7 aliphatic rings. The second-order valence-corrected chi connectivity index (χ2v) is 29.2. The molecule has 12 heterocycles. The quantitative estimate of drug-likeness (QED) is 0.0382. The molecule has 3 saturated carbocycles. The van der Waals surface area contributed by atoms with E-state index in [9.17, 15) is 9.90 Å². The number of H-pyrrole nitrogens is 4. The molecule has 27 nitrogen and oxygen atoms in total. The van der Waals surface area contributed by atoms with Gasteiger partial charge in [-0.3, -0.25) is 20.4 Å². The molecule has 6 aromatic carbocycles. The highest BCUT2D eigenvalue weighted by Crippen LogP contribution is 2.44. The third-order valence-corrected chi connectivity index (χ3v) is 21.5. The summed E-state index contributed by atoms with van der Waals surface area (Å²) in [5.41, 5.74) is 12.6. The highest BCUT2D eigenvalue weighted by atomic mass is 16.5. The number of esters is 1. The van der Waals surface area contributed by atoms with E-state index in [1.165, 1.54) is 91.6 Å². The van der Waals surface area contributed by atoms with Crippen LogP contribution in [0, 0.1) is 5.92 Å². The van der Waals surface area contributed by atoms with Crippen molar-refractivity contribution < 1.29 is 14.6 Å². The van der Waals surface area contributed by atoms with Gasteiger partial charge in [0, 0.05) is 138 Å². The molecule has 0 amide bonds. The Labute approximate surface area is 634 Å². The minimum absolute atomic E-state index is 0.266. The number of carbonyl (C=O) groups excluding carboxylic acids is 1. The smallest absolute Gasteiger partial charge is 0.356 e. The number of fused-ring (bicyclic) bond motifs is 6. The van der Waals surface area contributed by atoms with E-state index in [4.69, 9.17) is 44.6 Å². The van der Waals surface area contributed by atoms with Gasteiger partial charge in [0.1, 0.15) is 29.0 Å². The molecule has 9 N–H and O–H groups in total. The maximum Gasteiger partial charge on any atom is 0.356 e. The summed E-state index contributed by atoms with van der Waals surface area (Å²) in [6, 6.07) is 57.1. The Bertz CT molecular complexity index is 5610. The van der Waals surface area contributed by atoms with Crippen LogP contribution in [0.15, 0.2) is 170 Å². The number of rotatable bonds is 17. The minimum atomic E-state index is -0.466. The SMILES string of the molecule is COC(=O)c1cc(Nc2nc(N3CCCCC3)nc3ccccc23)n[nH]1.OCC1CCN(c2nc(Nc3cc(C4CC4)[nH]n3)c3ccccc3n2)CC1.c1ccc2c(c1)CCCN2c1nc(Nc2cc(C3CC3)[nH]n2)c2ccccc2n1.c1ccc2c(c1)CCN2c1nc(Nc2cc(C3CC3)[nH]n2)c2ccccc2n1. The largest absolute Gasteiger partial charge is 0.464 e. The summed E-state index contributed by atoms with van der Waals surface area (Å²) in [4.78, 5) is 59.1. The van der Waals surface area contributed by atoms with Crippen molar-refractivity contribution in [3.8, 4) is 0 Å². The van der Waals surface area contributed by atoms with Gasteiger partial charge in [-0.25, -0.2) is 24.7 Å². The van der Waals surface area contributed by atoms with Gasteiger partial charge >= 0.3 is 5.97 Å². The zero-order chi connectivity index (χ0) is 73.9. The lowest BCUT2D eigenvalue weighted by atomic mass is 9.98. The zero-order valence-electron chi connectivity index (χ0n) is 61.2. The Morgan fingerprint density at radius 2 is 0.773 bits per heavy atom. The molecule has 2 saturated heterocycles. The average Bonchev–Trinajstić information content (AvgIpc) is 1.26. The molecule has 21 rings (SSSR count). The molecule has 110 heavy (non-hydrogen) atoms. The summed E-state index contributed by atoms with van der Waals surface area (Å²) in [5.74, 6) is 10.7. The summed E-state index contributed by atoms with van der Waals surface area (Å²) >= 11 is 0. The Morgan fingerprint density at radius 3 is 1.21 bits per heavy atom. The van der Waals surface area contributed by atoms with Gasteiger partial charge in [-0.2, -0.15) is 40.3 Å². The first-order chi connectivity index (χ1) is 54.2. The maximum absolute atomic E-state index is 11.6. The Morgan fingerprint density at radius 1 is 0.400 bits per heavy atom. The number of hydrogen-bond acceptors (Lipinski definition) is 23. The number of aromatic amines is 4. The van der Waals surface area contributed by atoms with Crippen LogP contribution in [-0.4, -0.2) is 145 Å². The molecule has 14 aromatic rings. The van der Waals surface area contributed by atoms with Gasteiger partial charge in [0.2, 0.25) is 23.8 Å². The number of methoxy groups -OCH3 is 1. The number of aliphatic hydroxyl groups excluding tert-OH is 1. The molecule has 4 aliphatic heterocycles. The van der Waals surface area contributed by atoms with Crippen LogP contribution < -0.4 is 40.9 Å². The summed E-state index contributed by atoms with van der Waals surface area (Å²) in [6.45, 7) is 5.75. The van der Waals surface area contributed by atoms with Crippen LogP contribution in [0.3, 0.4) is 0 Å². The first kappa shape index (κ1) is 69.1. The number of anilines is 14. The van der Waals surface area contributed by atoms with Gasteiger partial charge < -0.3 is 50.7 Å². The van der Waals surface area contributed by atoms with Crippen molar-refractivity contribution in [2.45, 2.75) is 108 Å². The second kappa shape index (κ2) is 30.9. The molecule has 3 aliphatic carbocycles. The summed E-state index contributed by atoms with van der Waals surface area (Å²) in [6.07, 6.45) is 16.2. The Hall–Kier alpha value is -12.7. The van der Waals surface area contributed by atoms with Gasteiger partial charge in [-0.15, -0.1) is 0 Å². The monoisotopic (exact) mass is 1470 g/mol. The number of carbonyl (C=O) groups is 1. The number of nitrogens with one attached hydrogen (secondary N) is 8. The van der Waals surface area contributed by atoms with Crippen molar-refractivity contribution in [3.63, 3.8) is 0 Å². The molecule has 8 aromatic heterocycles. The van der Waals surface area contributed by atoms with Crippen molar-refractivity contribution in [2.24, 2.45) is 5.92 Å². The van der Waals surface area contributed by atoms with Crippen LogP contribution >= 0.6 is 0 Å². The molecule has 5 fully saturated rings. The number of hydrogen-bond donors (Lipinski definition) is 9. The van der Waals surface area contributed by atoms with Crippen molar-refractivity contribution in [2.75, 3.05) is 93.9 Å². The number of para-hydroxylation sites is 6. The summed E-state index contributed by atoms with van der Waals surface area (Å²) in [7, 11) is 1.33. The molecule has 0 unspecified atom stereocenters. The third-order valence-electron chi connectivity index (χ3n) is 21.5. The number of aryl methyl sites for hydroxylation is 1. The highest BCUT2D eigenvalue weighted by molar-refractivity contribution is 5.96. The van der Waals surface area contributed by atoms with Gasteiger partial charge in [0.15, 0.2) is 23.3 Å². The van der Waals surface area contributed by atoms with E-state index in [1.54, 1.807) is 6.07 Å². The van der Waals surface area contributed by atoms with Gasteiger partial charge in [0.25, 0.3) is 0 Å². The highest BCUT2D eigenvalue weighted by Gasteiger charge is 2.31. The normalized spacial score (nSPS) is 16.1. The average molecular weight is 1470 g/mol. The van der Waals surface area contributed by atoms with Gasteiger partial charge in [-0.1, -0.05) is 84.9 Å². The first-order valence-corrected chi connectivity index (χ1v) is 38.5. The van der Waals surface area contributed by atoms with Crippen molar-refractivity contribution in [1.82, 2.24) is 80.7 Å². The van der Waals surface area contributed by atoms with Crippen LogP contribution in [0.2, 0.25) is 0 Å². The standard InChI is InChI=1S/C23H22N6.C22H20N6.C20H24N6O.C18H20N6O2/c1-4-10-20-16(6-1)7-5-13-29(20)23-24-18-9-3-2-8-17(18)22(26-23)25-21-14-19(27-28-21)15-11-12-15;1-4-8-19-15(5-1)11-12-28(19)22-23-17-7-3-2-6-16(17)21(25-22)24-20-13-18(26-27-20)14-9-10-14;27-12-13-7-9-26(10-8-13)20-21-16-4-2-1-3-15(16)19(23-20)22-18-11-17(24-25-18)14-5-6-14;1-26-17(25)14-11-15(23-22-14)20-16-12-7-3-4-8-13(12)19-18(21-16)24-9-5-2-6-10-24/h1-4,6,8-10,14-15H,5,7,11-13H2,(H2,24,25,26,27,28);1-8,13-14H,9-12H2,(H2,23,24,25,26,27);1-4,11,13-14,27H,5-10,12H2,(H2,21,22,23,24,25);3-4,7-8,11H,2,5-6,9-10H2,1H3,(H2,19,20,21,22,23). The van der Waals surface area contributed by atoms with E-state index in [2.05, 4.69) is 154 Å². The number of nitrogens with zero attached hydrogens (tertiary/aromatic N) is 16. The fourth-order valence-corrected chi connectivity index (χ4v) is 15.0. The van der Waals surface area contributed by atoms with E-state index < -0.39 is 5.97 Å². The number of piperidine rings is 2. The van der Waals surface area contributed by atoms with Crippen molar-refractivity contribution in [1.29, 1.82) is 0 Å². The van der Waals surface area contributed by atoms with E-state index >= 15 is 0 Å². The molecular formula is C83H86N24O3. The molecular weight excluding hydrogens is 1380 g/mol. The zero-order valence-corrected chi connectivity index (χ0v) is 61.2. The Balaban J connectivity index is 0.000000103. The number of benzene rings is 6. The fraction of sp³-hybridized carbons (Fsp3) is 0.313. The van der Waals surface area contributed by atoms with Crippen LogP contribution in [0.5, 0.6) is 0 Å². The number of aromatic nitrogens is 16. The minimum Gasteiger partial charge on any atom is -0.464 e. The van der Waals surface area contributed by atoms with Gasteiger partial charge in [-0.05, 0) is 168 Å². The summed E-state index contributed by atoms with van der Waals surface area (Å²) in [5, 5.41) is 56.2. The van der Waals surface area contributed by atoms with E-state index in [1.807, 2.05) is 91.0 Å². The predicted molar refractivity (Wildman–Crippen MR) is 430 cm³/mol. The van der Waals surface area contributed by atoms with Crippen molar-refractivity contribution in [3.05, 3.63) is 204 Å². The lowest BCUT2D eigenvalue weighted by molar-refractivity contribution is 0.0594. The predicted octanol–water partition coefficient (Wildman–Crippen LogP) is 15.8. The van der Waals surface area contributed by atoms with Crippen LogP contribution in [0.1, 0.15) is 134 Å². The molecule has 0 radical (unpaired) electrons. The molecule has 556 valence electrons. The summed E-state index contributed by atoms with van der Waals surface area (Å²) < 4.78 is 4.70. The number of ether oxygens (including phenoxy) is 1. The number of aliphatic hydroxyl groups is 1. The maximum atomic E-state index is 11.6. The molecule has 0 spiro atoms. The lowest BCUT2D eigenvalue weighted by Crippen LogP contribution is -2.36. The Kier molecular flexibility index (Phi) is 19.4. The lowest BCUT2D eigenvalue weighted by Gasteiger charge is -2.31. The molecule has 27 heteroatoms. The van der Waals surface area contributed by atoms with Gasteiger partial charge in [0.05, 0.1) is 29.2 Å². The first-order valence-electron chi connectivity index (χ1n) is 38.5. The fourth-order valence-electron chi connectivity index (χ4n) is 15.0. The van der Waals surface area contributed by atoms with Crippen molar-refractivity contribution >= 4 is 131 Å². The molecule has 0 atom stereocenters. The van der Waals surface area contributed by atoms with E-state index in [0.717, 1.165) is 187 Å². The second-order valence-electron chi connectivity index (χ2n) is 29.2. The van der Waals surface area contributed by atoms with E-state index in [0.29, 0.717) is 35.3 Å². The van der Waals surface area contributed by atoms with Crippen LogP contribution in [0.25, 0.3) is 43.6 Å². The van der Waals surface area contributed by atoms with Crippen LogP contribution in [0.4, 0.5) is 81.7 Å².